The molecule has 0 radical (unpaired) electrons. The van der Waals surface area contributed by atoms with Gasteiger partial charge in [0.1, 0.15) is 0 Å². The smallest absolute Gasteiger partial charge is 0.249 e. The molecule has 128 valence electrons. The summed E-state index contributed by atoms with van der Waals surface area (Å²) in [6, 6.07) is 13.2. The molecule has 1 aromatic heterocycles. The van der Waals surface area contributed by atoms with Crippen molar-refractivity contribution >= 4 is 52.0 Å². The van der Waals surface area contributed by atoms with Gasteiger partial charge >= 0.3 is 0 Å². The predicted octanol–water partition coefficient (Wildman–Crippen LogP) is 4.73. The number of rotatable bonds is 5. The number of hydrogen-bond acceptors (Lipinski definition) is 6. The number of aromatic nitrogens is 3. The molecule has 8 heteroatoms. The Kier molecular flexibility index (Phi) is 5.21. The Morgan fingerprint density at radius 3 is 2.28 bits per heavy atom. The molecular weight excluding hydrogens is 359 g/mol. The molecule has 0 atom stereocenters. The van der Waals surface area contributed by atoms with Gasteiger partial charge in [-0.25, -0.2) is 0 Å². The average molecular weight is 375 g/mol. The van der Waals surface area contributed by atoms with Crippen LogP contribution in [0.3, 0.4) is 0 Å². The van der Waals surface area contributed by atoms with E-state index in [1.165, 1.54) is 0 Å². The van der Waals surface area contributed by atoms with Crippen molar-refractivity contribution in [1.82, 2.24) is 15.2 Å². The summed E-state index contributed by atoms with van der Waals surface area (Å²) in [5.74, 6) is 0.934. The molecule has 0 aliphatic rings. The molecule has 2 N–H and O–H groups in total. The zero-order chi connectivity index (χ0) is 17.8. The highest BCUT2D eigenvalue weighted by Crippen LogP contribution is 2.26. The second-order valence-corrected chi connectivity index (χ2v) is 6.30. The summed E-state index contributed by atoms with van der Waals surface area (Å²) in [5, 5.41) is 15.1. The van der Waals surface area contributed by atoms with E-state index in [9.17, 15) is 0 Å². The van der Waals surface area contributed by atoms with Gasteiger partial charge in [0.2, 0.25) is 5.95 Å². The lowest BCUT2D eigenvalue weighted by atomic mass is 10.2. The summed E-state index contributed by atoms with van der Waals surface area (Å²) in [4.78, 5) is 6.43. The average Bonchev–Trinajstić information content (AvgIpc) is 2.59. The lowest BCUT2D eigenvalue weighted by Crippen LogP contribution is -2.08. The second-order valence-electron chi connectivity index (χ2n) is 5.49. The van der Waals surface area contributed by atoms with Crippen LogP contribution in [-0.4, -0.2) is 29.3 Å². The first kappa shape index (κ1) is 17.3. The third kappa shape index (κ3) is 4.49. The monoisotopic (exact) mass is 374 g/mol. The zero-order valence-corrected chi connectivity index (χ0v) is 15.2. The van der Waals surface area contributed by atoms with Crippen LogP contribution in [0.5, 0.6) is 0 Å². The second kappa shape index (κ2) is 7.55. The van der Waals surface area contributed by atoms with Gasteiger partial charge in [-0.2, -0.15) is 10.1 Å². The van der Waals surface area contributed by atoms with Crippen LogP contribution in [0, 0.1) is 0 Å². The summed E-state index contributed by atoms with van der Waals surface area (Å²) < 4.78 is 0. The highest BCUT2D eigenvalue weighted by molar-refractivity contribution is 6.42. The van der Waals surface area contributed by atoms with Gasteiger partial charge in [0, 0.05) is 31.2 Å². The van der Waals surface area contributed by atoms with Gasteiger partial charge in [-0.05, 0) is 42.5 Å². The molecule has 0 unspecified atom stereocenters. The Labute approximate surface area is 155 Å². The predicted molar refractivity (Wildman–Crippen MR) is 104 cm³/mol. The van der Waals surface area contributed by atoms with Crippen LogP contribution < -0.4 is 15.5 Å². The Bertz CT molecular complexity index is 867. The first-order valence-corrected chi connectivity index (χ1v) is 8.23. The Morgan fingerprint density at radius 1 is 0.880 bits per heavy atom. The minimum Gasteiger partial charge on any atom is -0.378 e. The van der Waals surface area contributed by atoms with Crippen LogP contribution in [0.25, 0.3) is 0 Å². The van der Waals surface area contributed by atoms with Crippen LogP contribution in [-0.2, 0) is 0 Å². The third-order valence-corrected chi connectivity index (χ3v) is 4.13. The van der Waals surface area contributed by atoms with Gasteiger partial charge in [-0.15, -0.1) is 5.10 Å². The SMILES string of the molecule is CN(C)c1ccc(Nc2cnnc(Nc3ccc(Cl)c(Cl)c3)n2)cc1. The van der Waals surface area contributed by atoms with Crippen molar-refractivity contribution in [3.05, 3.63) is 58.7 Å². The van der Waals surface area contributed by atoms with Crippen LogP contribution in [0.15, 0.2) is 48.7 Å². The number of anilines is 5. The molecule has 0 spiro atoms. The van der Waals surface area contributed by atoms with Crippen molar-refractivity contribution in [2.24, 2.45) is 0 Å². The molecule has 0 saturated heterocycles. The molecule has 6 nitrogen and oxygen atoms in total. The van der Waals surface area contributed by atoms with E-state index in [4.69, 9.17) is 23.2 Å². The molecule has 0 saturated carbocycles. The highest BCUT2D eigenvalue weighted by atomic mass is 35.5. The maximum Gasteiger partial charge on any atom is 0.249 e. The molecule has 0 amide bonds. The summed E-state index contributed by atoms with van der Waals surface area (Å²) in [5.41, 5.74) is 2.75. The topological polar surface area (TPSA) is 66.0 Å². The Morgan fingerprint density at radius 2 is 1.60 bits per heavy atom. The van der Waals surface area contributed by atoms with E-state index in [1.54, 1.807) is 24.4 Å². The maximum absolute atomic E-state index is 6.01. The summed E-state index contributed by atoms with van der Waals surface area (Å²) >= 11 is 11.9. The molecule has 2 aromatic carbocycles. The van der Waals surface area contributed by atoms with Crippen molar-refractivity contribution in [3.63, 3.8) is 0 Å². The van der Waals surface area contributed by atoms with Gasteiger partial charge in [-0.3, -0.25) is 0 Å². The van der Waals surface area contributed by atoms with E-state index in [2.05, 4.69) is 25.8 Å². The lowest BCUT2D eigenvalue weighted by molar-refractivity contribution is 0.982. The van der Waals surface area contributed by atoms with Crippen LogP contribution in [0.4, 0.5) is 28.8 Å². The molecule has 25 heavy (non-hydrogen) atoms. The lowest BCUT2D eigenvalue weighted by Gasteiger charge is -2.13. The number of halogens is 2. The molecule has 0 aliphatic carbocycles. The number of nitrogens with zero attached hydrogens (tertiary/aromatic N) is 4. The van der Waals surface area contributed by atoms with Crippen molar-refractivity contribution < 1.29 is 0 Å². The number of hydrogen-bond donors (Lipinski definition) is 2. The van der Waals surface area contributed by atoms with E-state index in [0.717, 1.165) is 17.1 Å². The number of nitrogens with one attached hydrogen (secondary N) is 2. The summed E-state index contributed by atoms with van der Waals surface area (Å²) in [6.07, 6.45) is 1.56. The van der Waals surface area contributed by atoms with Gasteiger partial charge in [0.15, 0.2) is 5.82 Å². The van der Waals surface area contributed by atoms with Crippen molar-refractivity contribution in [2.45, 2.75) is 0 Å². The van der Waals surface area contributed by atoms with Gasteiger partial charge < -0.3 is 15.5 Å². The largest absolute Gasteiger partial charge is 0.378 e. The maximum atomic E-state index is 6.01. The Hall–Kier alpha value is -2.57. The fourth-order valence-electron chi connectivity index (χ4n) is 2.11. The minimum atomic E-state index is 0.355. The first-order valence-electron chi connectivity index (χ1n) is 7.47. The number of benzene rings is 2. The highest BCUT2D eigenvalue weighted by Gasteiger charge is 2.05. The fraction of sp³-hybridized carbons (Fsp3) is 0.118. The zero-order valence-electron chi connectivity index (χ0n) is 13.7. The summed E-state index contributed by atoms with van der Waals surface area (Å²) in [7, 11) is 4.00. The Balaban J connectivity index is 1.73. The standard InChI is InChI=1S/C17H16Cl2N6/c1-25(2)13-6-3-11(4-7-13)21-16-10-20-24-17(23-16)22-12-5-8-14(18)15(19)9-12/h3-10H,1-2H3,(H2,21,22,23,24). The van der Waals surface area contributed by atoms with Crippen molar-refractivity contribution in [1.29, 1.82) is 0 Å². The fourth-order valence-corrected chi connectivity index (χ4v) is 2.41. The van der Waals surface area contributed by atoms with Crippen molar-refractivity contribution in [3.8, 4) is 0 Å². The normalized spacial score (nSPS) is 10.4. The van der Waals surface area contributed by atoms with Crippen LogP contribution >= 0.6 is 23.2 Å². The van der Waals surface area contributed by atoms with Crippen LogP contribution in [0.2, 0.25) is 10.0 Å². The molecule has 1 heterocycles. The van der Waals surface area contributed by atoms with E-state index in [0.29, 0.717) is 21.8 Å². The van der Waals surface area contributed by atoms with Gasteiger partial charge in [0.05, 0.1) is 16.2 Å². The third-order valence-electron chi connectivity index (χ3n) is 3.39. The molecule has 0 fully saturated rings. The van der Waals surface area contributed by atoms with E-state index in [-0.39, 0.29) is 0 Å². The van der Waals surface area contributed by atoms with Crippen molar-refractivity contribution in [2.75, 3.05) is 29.6 Å². The molecular formula is C17H16Cl2N6. The first-order chi connectivity index (χ1) is 12.0. The molecule has 3 aromatic rings. The quantitative estimate of drug-likeness (QED) is 0.672. The van der Waals surface area contributed by atoms with E-state index >= 15 is 0 Å². The van der Waals surface area contributed by atoms with Gasteiger partial charge in [-0.1, -0.05) is 23.2 Å². The van der Waals surface area contributed by atoms with E-state index < -0.39 is 0 Å². The van der Waals surface area contributed by atoms with Crippen LogP contribution in [0.1, 0.15) is 0 Å². The summed E-state index contributed by atoms with van der Waals surface area (Å²) in [6.45, 7) is 0. The molecule has 0 bridgehead atoms. The molecule has 0 aliphatic heterocycles. The van der Waals surface area contributed by atoms with Gasteiger partial charge in [0.25, 0.3) is 0 Å². The molecule has 3 rings (SSSR count). The van der Waals surface area contributed by atoms with E-state index in [1.807, 2.05) is 43.3 Å². The minimum absolute atomic E-state index is 0.355.